The lowest BCUT2D eigenvalue weighted by atomic mass is 10.1. The average molecular weight is 535 g/mol. The maximum Gasteiger partial charge on any atom is 0.0609 e. The van der Waals surface area contributed by atoms with Crippen LogP contribution in [0.2, 0.25) is 0 Å². The molecule has 1 N–H and O–H groups in total. The van der Waals surface area contributed by atoms with Crippen LogP contribution in [0.3, 0.4) is 0 Å². The van der Waals surface area contributed by atoms with Crippen molar-refractivity contribution >= 4 is 85.9 Å². The summed E-state index contributed by atoms with van der Waals surface area (Å²) in [6.07, 6.45) is 0. The Morgan fingerprint density at radius 3 is 2.10 bits per heavy atom. The van der Waals surface area contributed by atoms with E-state index < -0.39 is 0 Å². The zero-order valence-electron chi connectivity index (χ0n) is 10.6. The Hall–Kier alpha value is -0.360. The van der Waals surface area contributed by atoms with Crippen LogP contribution in [0.4, 0.5) is 11.4 Å². The fraction of sp³-hybridized carbons (Fsp3) is 0. The van der Waals surface area contributed by atoms with E-state index in [0.29, 0.717) is 0 Å². The molecule has 1 nitrogen and oxygen atoms in total. The van der Waals surface area contributed by atoms with Gasteiger partial charge in [-0.1, -0.05) is 56.1 Å². The third-order valence-corrected chi connectivity index (χ3v) is 5.57. The lowest BCUT2D eigenvalue weighted by Crippen LogP contribution is -1.94. The van der Waals surface area contributed by atoms with Crippen molar-refractivity contribution in [2.75, 3.05) is 5.32 Å². The van der Waals surface area contributed by atoms with Gasteiger partial charge in [-0.25, -0.2) is 0 Å². The molecule has 0 aliphatic rings. The first-order valence-electron chi connectivity index (χ1n) is 6.15. The number of fused-ring (bicyclic) bond motifs is 1. The predicted molar refractivity (Wildman–Crippen MR) is 104 cm³/mol. The Balaban J connectivity index is 2.16. The third-order valence-electron chi connectivity index (χ3n) is 3.14. The standard InChI is InChI=1S/C16H9Br4N/c17-9-5-6-15(13(19)7-9)21-16-11-4-2-1-3-10(11)12(18)8-14(16)20/h1-8,21H. The minimum atomic E-state index is 1.01. The number of anilines is 2. The van der Waals surface area contributed by atoms with Crippen molar-refractivity contribution < 1.29 is 0 Å². The van der Waals surface area contributed by atoms with Crippen LogP contribution in [-0.4, -0.2) is 0 Å². The summed E-state index contributed by atoms with van der Waals surface area (Å²) in [5, 5.41) is 5.84. The third kappa shape index (κ3) is 3.21. The van der Waals surface area contributed by atoms with Gasteiger partial charge in [0.15, 0.2) is 0 Å². The van der Waals surface area contributed by atoms with Crippen molar-refractivity contribution in [1.29, 1.82) is 0 Å². The quantitative estimate of drug-likeness (QED) is 0.356. The predicted octanol–water partition coefficient (Wildman–Crippen LogP) is 7.63. The first-order chi connectivity index (χ1) is 10.1. The topological polar surface area (TPSA) is 12.0 Å². The number of nitrogens with one attached hydrogen (secondary N) is 1. The van der Waals surface area contributed by atoms with E-state index in [2.05, 4.69) is 87.2 Å². The first-order valence-corrected chi connectivity index (χ1v) is 9.32. The van der Waals surface area contributed by atoms with Crippen LogP contribution >= 0.6 is 63.7 Å². The van der Waals surface area contributed by atoms with Gasteiger partial charge in [-0.15, -0.1) is 0 Å². The normalized spacial score (nSPS) is 10.9. The maximum atomic E-state index is 3.65. The van der Waals surface area contributed by atoms with Crippen LogP contribution in [0.1, 0.15) is 0 Å². The molecule has 0 spiro atoms. The summed E-state index contributed by atoms with van der Waals surface area (Å²) in [4.78, 5) is 0. The minimum Gasteiger partial charge on any atom is -0.353 e. The summed E-state index contributed by atoms with van der Waals surface area (Å²) in [6, 6.07) is 16.4. The van der Waals surface area contributed by atoms with Gasteiger partial charge in [0.2, 0.25) is 0 Å². The van der Waals surface area contributed by atoms with E-state index >= 15 is 0 Å². The van der Waals surface area contributed by atoms with Gasteiger partial charge in [0.1, 0.15) is 0 Å². The molecule has 3 rings (SSSR count). The molecule has 0 bridgehead atoms. The smallest absolute Gasteiger partial charge is 0.0609 e. The van der Waals surface area contributed by atoms with Gasteiger partial charge in [-0.05, 0) is 61.5 Å². The monoisotopic (exact) mass is 531 g/mol. The van der Waals surface area contributed by atoms with Crippen LogP contribution in [0.25, 0.3) is 10.8 Å². The maximum absolute atomic E-state index is 3.65. The van der Waals surface area contributed by atoms with Crippen LogP contribution < -0.4 is 5.32 Å². The minimum absolute atomic E-state index is 1.01. The van der Waals surface area contributed by atoms with Gasteiger partial charge in [0.05, 0.1) is 11.4 Å². The van der Waals surface area contributed by atoms with Crippen LogP contribution in [0.15, 0.2) is 66.4 Å². The molecule has 3 aromatic carbocycles. The van der Waals surface area contributed by atoms with Crippen LogP contribution in [0.5, 0.6) is 0 Å². The van der Waals surface area contributed by atoms with Gasteiger partial charge in [0.25, 0.3) is 0 Å². The molecule has 3 aromatic rings. The number of halogens is 4. The van der Waals surface area contributed by atoms with Gasteiger partial charge >= 0.3 is 0 Å². The number of hydrogen-bond donors (Lipinski definition) is 1. The van der Waals surface area contributed by atoms with Gasteiger partial charge < -0.3 is 5.32 Å². The highest BCUT2D eigenvalue weighted by Crippen LogP contribution is 2.39. The van der Waals surface area contributed by atoms with E-state index in [1.807, 2.05) is 30.3 Å². The molecule has 0 aliphatic carbocycles. The second-order valence-electron chi connectivity index (χ2n) is 4.51. The Morgan fingerprint density at radius 2 is 1.38 bits per heavy atom. The zero-order chi connectivity index (χ0) is 15.0. The van der Waals surface area contributed by atoms with Gasteiger partial charge in [0, 0.05) is 23.3 Å². The summed E-state index contributed by atoms with van der Waals surface area (Å²) < 4.78 is 4.14. The zero-order valence-corrected chi connectivity index (χ0v) is 17.0. The van der Waals surface area contributed by atoms with Crippen molar-refractivity contribution in [3.63, 3.8) is 0 Å². The highest BCUT2D eigenvalue weighted by molar-refractivity contribution is 9.11. The summed E-state index contributed by atoms with van der Waals surface area (Å²) in [7, 11) is 0. The molecule has 0 saturated heterocycles. The molecule has 0 aliphatic heterocycles. The molecule has 106 valence electrons. The molecule has 0 heterocycles. The van der Waals surface area contributed by atoms with E-state index in [4.69, 9.17) is 0 Å². The summed E-state index contributed by atoms with van der Waals surface area (Å²) >= 11 is 14.3. The molecular weight excluding hydrogens is 526 g/mol. The summed E-state index contributed by atoms with van der Waals surface area (Å²) in [5.74, 6) is 0. The molecule has 5 heteroatoms. The fourth-order valence-corrected chi connectivity index (χ4v) is 4.72. The molecular formula is C16H9Br4N. The lowest BCUT2D eigenvalue weighted by Gasteiger charge is -2.15. The van der Waals surface area contributed by atoms with Crippen molar-refractivity contribution in [1.82, 2.24) is 0 Å². The Bertz CT molecular complexity index is 830. The van der Waals surface area contributed by atoms with Crippen molar-refractivity contribution in [2.45, 2.75) is 0 Å². The van der Waals surface area contributed by atoms with Crippen molar-refractivity contribution in [3.05, 3.63) is 66.4 Å². The second kappa shape index (κ2) is 6.41. The van der Waals surface area contributed by atoms with E-state index in [1.54, 1.807) is 0 Å². The molecule has 0 aromatic heterocycles. The summed E-state index contributed by atoms with van der Waals surface area (Å²) in [6.45, 7) is 0. The van der Waals surface area contributed by atoms with E-state index in [9.17, 15) is 0 Å². The van der Waals surface area contributed by atoms with Crippen LogP contribution in [0, 0.1) is 0 Å². The molecule has 0 fully saturated rings. The van der Waals surface area contributed by atoms with Gasteiger partial charge in [-0.2, -0.15) is 0 Å². The molecule has 0 unspecified atom stereocenters. The fourth-order valence-electron chi connectivity index (χ4n) is 2.15. The molecule has 21 heavy (non-hydrogen) atoms. The first kappa shape index (κ1) is 15.5. The highest BCUT2D eigenvalue weighted by atomic mass is 79.9. The van der Waals surface area contributed by atoms with Crippen LogP contribution in [-0.2, 0) is 0 Å². The molecule has 0 saturated carbocycles. The molecule has 0 radical (unpaired) electrons. The van der Waals surface area contributed by atoms with E-state index in [-0.39, 0.29) is 0 Å². The Morgan fingerprint density at radius 1 is 0.667 bits per heavy atom. The van der Waals surface area contributed by atoms with E-state index in [1.165, 1.54) is 5.39 Å². The van der Waals surface area contributed by atoms with E-state index in [0.717, 1.165) is 34.7 Å². The molecule has 0 amide bonds. The molecule has 0 atom stereocenters. The SMILES string of the molecule is Brc1ccc(Nc2c(Br)cc(Br)c3ccccc23)c(Br)c1. The number of benzene rings is 3. The van der Waals surface area contributed by atoms with Gasteiger partial charge in [-0.3, -0.25) is 0 Å². The largest absolute Gasteiger partial charge is 0.353 e. The Kier molecular flexibility index (Phi) is 4.74. The Labute approximate surface area is 156 Å². The highest BCUT2D eigenvalue weighted by Gasteiger charge is 2.11. The number of hydrogen-bond acceptors (Lipinski definition) is 1. The van der Waals surface area contributed by atoms with Crippen molar-refractivity contribution in [3.8, 4) is 0 Å². The summed E-state index contributed by atoms with van der Waals surface area (Å²) in [5.41, 5.74) is 2.07. The average Bonchev–Trinajstić information content (AvgIpc) is 2.45. The lowest BCUT2D eigenvalue weighted by molar-refractivity contribution is 1.51. The second-order valence-corrected chi connectivity index (χ2v) is 7.99. The van der Waals surface area contributed by atoms with Crippen molar-refractivity contribution in [2.24, 2.45) is 0 Å². The number of rotatable bonds is 2.